The van der Waals surface area contributed by atoms with Gasteiger partial charge in [-0.05, 0) is 60.2 Å². The Bertz CT molecular complexity index is 739. The lowest BCUT2D eigenvalue weighted by Gasteiger charge is -2.19. The number of anilines is 3. The summed E-state index contributed by atoms with van der Waals surface area (Å²) in [7, 11) is 0. The van der Waals surface area contributed by atoms with Crippen LogP contribution in [-0.4, -0.2) is 25.5 Å². The molecular formula is C23H31N3O. The number of nitrogens with one attached hydrogen (secondary N) is 2. The normalized spacial score (nSPS) is 14.3. The number of benzene rings is 2. The van der Waals surface area contributed by atoms with E-state index in [1.54, 1.807) is 0 Å². The molecule has 2 aromatic rings. The predicted molar refractivity (Wildman–Crippen MR) is 115 cm³/mol. The Labute approximate surface area is 163 Å². The van der Waals surface area contributed by atoms with Gasteiger partial charge in [0.1, 0.15) is 0 Å². The maximum Gasteiger partial charge on any atom is 0.226 e. The second kappa shape index (κ2) is 8.47. The highest BCUT2D eigenvalue weighted by molar-refractivity contribution is 5.91. The molecule has 1 amide bonds. The fourth-order valence-electron chi connectivity index (χ4n) is 3.36. The highest BCUT2D eigenvalue weighted by atomic mass is 16.1. The van der Waals surface area contributed by atoms with Gasteiger partial charge in [0, 0.05) is 43.1 Å². The summed E-state index contributed by atoms with van der Waals surface area (Å²) >= 11 is 0. The highest BCUT2D eigenvalue weighted by Crippen LogP contribution is 2.24. The van der Waals surface area contributed by atoms with Gasteiger partial charge in [-0.3, -0.25) is 4.79 Å². The van der Waals surface area contributed by atoms with Crippen LogP contribution in [-0.2, 0) is 10.2 Å². The molecule has 0 bridgehead atoms. The third-order valence-electron chi connectivity index (χ3n) is 5.05. The minimum atomic E-state index is 0.0303. The second-order valence-electron chi connectivity index (χ2n) is 8.29. The Balaban J connectivity index is 1.43. The number of hydrogen-bond donors (Lipinski definition) is 2. The molecule has 2 N–H and O–H groups in total. The van der Waals surface area contributed by atoms with Crippen LogP contribution in [0.15, 0.2) is 48.5 Å². The van der Waals surface area contributed by atoms with Gasteiger partial charge in [-0.25, -0.2) is 0 Å². The molecule has 2 aromatic carbocycles. The quantitative estimate of drug-likeness (QED) is 0.755. The number of amides is 1. The average Bonchev–Trinajstić information content (AvgIpc) is 3.17. The fourth-order valence-corrected chi connectivity index (χ4v) is 3.36. The van der Waals surface area contributed by atoms with Crippen LogP contribution in [0.25, 0.3) is 0 Å². The first-order valence-electron chi connectivity index (χ1n) is 9.91. The predicted octanol–water partition coefficient (Wildman–Crippen LogP) is 5.03. The number of carbonyl (C=O) groups excluding carboxylic acids is 1. The topological polar surface area (TPSA) is 44.4 Å². The first-order chi connectivity index (χ1) is 12.9. The first kappa shape index (κ1) is 19.3. The lowest BCUT2D eigenvalue weighted by Crippen LogP contribution is -2.18. The van der Waals surface area contributed by atoms with E-state index in [0.29, 0.717) is 13.0 Å². The van der Waals surface area contributed by atoms with Crippen molar-refractivity contribution in [2.45, 2.75) is 45.4 Å². The van der Waals surface area contributed by atoms with E-state index in [-0.39, 0.29) is 11.3 Å². The van der Waals surface area contributed by atoms with Crippen LogP contribution in [0.5, 0.6) is 0 Å². The molecule has 1 heterocycles. The van der Waals surface area contributed by atoms with Crippen molar-refractivity contribution in [3.8, 4) is 0 Å². The average molecular weight is 366 g/mol. The van der Waals surface area contributed by atoms with Crippen molar-refractivity contribution >= 4 is 23.0 Å². The second-order valence-corrected chi connectivity index (χ2v) is 8.29. The van der Waals surface area contributed by atoms with Crippen LogP contribution in [0.4, 0.5) is 17.1 Å². The van der Waals surface area contributed by atoms with Gasteiger partial charge in [0.15, 0.2) is 0 Å². The van der Waals surface area contributed by atoms with Crippen LogP contribution < -0.4 is 15.5 Å². The smallest absolute Gasteiger partial charge is 0.226 e. The summed E-state index contributed by atoms with van der Waals surface area (Å²) in [5, 5.41) is 6.30. The molecule has 4 nitrogen and oxygen atoms in total. The van der Waals surface area contributed by atoms with Crippen LogP contribution in [0.3, 0.4) is 0 Å². The summed E-state index contributed by atoms with van der Waals surface area (Å²) in [6.07, 6.45) is 2.98. The molecule has 0 spiro atoms. The lowest BCUT2D eigenvalue weighted by atomic mass is 9.87. The Kier molecular flexibility index (Phi) is 6.04. The van der Waals surface area contributed by atoms with Crippen LogP contribution >= 0.6 is 0 Å². The van der Waals surface area contributed by atoms with Crippen molar-refractivity contribution in [2.24, 2.45) is 0 Å². The summed E-state index contributed by atoms with van der Waals surface area (Å²) in [5.41, 5.74) is 4.61. The molecule has 0 radical (unpaired) electrons. The zero-order chi connectivity index (χ0) is 19.3. The third-order valence-corrected chi connectivity index (χ3v) is 5.05. The fraction of sp³-hybridized carbons (Fsp3) is 0.435. The Morgan fingerprint density at radius 3 is 2.11 bits per heavy atom. The number of hydrogen-bond acceptors (Lipinski definition) is 3. The molecule has 1 aliphatic heterocycles. The van der Waals surface area contributed by atoms with Gasteiger partial charge in [0.2, 0.25) is 5.91 Å². The van der Waals surface area contributed by atoms with E-state index >= 15 is 0 Å². The van der Waals surface area contributed by atoms with Crippen LogP contribution in [0.1, 0.15) is 45.6 Å². The van der Waals surface area contributed by atoms with E-state index in [2.05, 4.69) is 72.7 Å². The maximum atomic E-state index is 12.2. The molecule has 3 rings (SSSR count). The van der Waals surface area contributed by atoms with E-state index in [4.69, 9.17) is 0 Å². The Morgan fingerprint density at radius 1 is 0.926 bits per heavy atom. The molecule has 27 heavy (non-hydrogen) atoms. The molecular weight excluding hydrogens is 334 g/mol. The standard InChI is InChI=1S/C23H31N3O/c1-23(2,3)18-6-8-19(9-7-18)24-15-14-22(27)25-20-10-12-21(13-11-20)26-16-4-5-17-26/h6-13,24H,4-5,14-17H2,1-3H3,(H,25,27). The molecule has 0 aromatic heterocycles. The van der Waals surface area contributed by atoms with E-state index in [1.165, 1.54) is 24.1 Å². The summed E-state index contributed by atoms with van der Waals surface area (Å²) in [4.78, 5) is 14.6. The SMILES string of the molecule is CC(C)(C)c1ccc(NCCC(=O)Nc2ccc(N3CCCC3)cc2)cc1. The van der Waals surface area contributed by atoms with Crippen molar-refractivity contribution in [3.05, 3.63) is 54.1 Å². The maximum absolute atomic E-state index is 12.2. The van der Waals surface area contributed by atoms with Gasteiger partial charge >= 0.3 is 0 Å². The zero-order valence-corrected chi connectivity index (χ0v) is 16.7. The number of carbonyl (C=O) groups is 1. The van der Waals surface area contributed by atoms with Crippen LogP contribution in [0.2, 0.25) is 0 Å². The minimum absolute atomic E-state index is 0.0303. The summed E-state index contributed by atoms with van der Waals surface area (Å²) in [6.45, 7) is 9.50. The molecule has 144 valence electrons. The van der Waals surface area contributed by atoms with Crippen molar-refractivity contribution < 1.29 is 4.79 Å². The largest absolute Gasteiger partial charge is 0.385 e. The number of nitrogens with zero attached hydrogens (tertiary/aromatic N) is 1. The van der Waals surface area contributed by atoms with Crippen molar-refractivity contribution in [1.29, 1.82) is 0 Å². The van der Waals surface area contributed by atoms with E-state index < -0.39 is 0 Å². The molecule has 0 unspecified atom stereocenters. The van der Waals surface area contributed by atoms with Gasteiger partial charge in [0.25, 0.3) is 0 Å². The van der Waals surface area contributed by atoms with E-state index in [1.807, 2.05) is 12.1 Å². The molecule has 0 aliphatic carbocycles. The van der Waals surface area contributed by atoms with E-state index in [9.17, 15) is 4.79 Å². The van der Waals surface area contributed by atoms with Crippen molar-refractivity contribution in [3.63, 3.8) is 0 Å². The van der Waals surface area contributed by atoms with E-state index in [0.717, 1.165) is 24.5 Å². The molecule has 1 fully saturated rings. The molecule has 0 atom stereocenters. The lowest BCUT2D eigenvalue weighted by molar-refractivity contribution is -0.115. The number of rotatable bonds is 6. The summed E-state index contributed by atoms with van der Waals surface area (Å²) < 4.78 is 0. The Hall–Kier alpha value is -2.49. The van der Waals surface area contributed by atoms with Crippen molar-refractivity contribution in [1.82, 2.24) is 0 Å². The van der Waals surface area contributed by atoms with Gasteiger partial charge in [-0.2, -0.15) is 0 Å². The molecule has 1 aliphatic rings. The van der Waals surface area contributed by atoms with Crippen LogP contribution in [0, 0.1) is 0 Å². The van der Waals surface area contributed by atoms with Gasteiger partial charge < -0.3 is 15.5 Å². The highest BCUT2D eigenvalue weighted by Gasteiger charge is 2.13. The Morgan fingerprint density at radius 2 is 1.52 bits per heavy atom. The summed E-state index contributed by atoms with van der Waals surface area (Å²) in [6, 6.07) is 16.6. The van der Waals surface area contributed by atoms with Gasteiger partial charge in [-0.1, -0.05) is 32.9 Å². The van der Waals surface area contributed by atoms with Gasteiger partial charge in [-0.15, -0.1) is 0 Å². The minimum Gasteiger partial charge on any atom is -0.385 e. The molecule has 0 saturated carbocycles. The van der Waals surface area contributed by atoms with Crippen molar-refractivity contribution in [2.75, 3.05) is 35.2 Å². The van der Waals surface area contributed by atoms with Gasteiger partial charge in [0.05, 0.1) is 0 Å². The monoisotopic (exact) mass is 365 g/mol. The molecule has 1 saturated heterocycles. The summed E-state index contributed by atoms with van der Waals surface area (Å²) in [5.74, 6) is 0.0303. The first-order valence-corrected chi connectivity index (χ1v) is 9.91. The molecule has 4 heteroatoms. The third kappa shape index (κ3) is 5.49. The zero-order valence-electron chi connectivity index (χ0n) is 16.7.